The largest absolute Gasteiger partial charge is 0.303 e. The van der Waals surface area contributed by atoms with Crippen molar-refractivity contribution in [3.8, 4) is 0 Å². The Balaban J connectivity index is 1.76. The monoisotopic (exact) mass is 195 g/mol. The maximum absolute atomic E-state index is 10.3. The molecule has 2 fully saturated rings. The minimum Gasteiger partial charge on any atom is -0.303 e. The molecule has 1 saturated carbocycles. The Bertz CT molecular complexity index is 186. The molecule has 1 heterocycles. The lowest BCUT2D eigenvalue weighted by Crippen LogP contribution is -2.39. The minimum absolute atomic E-state index is 0.715. The molecule has 0 N–H and O–H groups in total. The Morgan fingerprint density at radius 1 is 1.07 bits per heavy atom. The summed E-state index contributed by atoms with van der Waals surface area (Å²) in [5.74, 6) is 0. The molecular weight excluding hydrogens is 174 g/mol. The molecule has 0 aromatic heterocycles. The van der Waals surface area contributed by atoms with Crippen LogP contribution >= 0.6 is 0 Å². The van der Waals surface area contributed by atoms with Crippen molar-refractivity contribution in [1.29, 1.82) is 0 Å². The highest BCUT2D eigenvalue weighted by molar-refractivity contribution is 5.49. The van der Waals surface area contributed by atoms with Crippen LogP contribution in [0, 0.1) is 5.41 Å². The molecule has 2 nitrogen and oxygen atoms in total. The number of rotatable bonds is 3. The quantitative estimate of drug-likeness (QED) is 0.644. The first-order valence-corrected chi connectivity index (χ1v) is 6.01. The second-order valence-corrected chi connectivity index (χ2v) is 5.00. The van der Waals surface area contributed by atoms with Crippen molar-refractivity contribution < 1.29 is 4.79 Å². The van der Waals surface area contributed by atoms with E-state index in [0.29, 0.717) is 6.42 Å². The predicted molar refractivity (Wildman–Crippen MR) is 57.3 cm³/mol. The van der Waals surface area contributed by atoms with Crippen LogP contribution in [0.3, 0.4) is 0 Å². The van der Waals surface area contributed by atoms with Crippen LogP contribution in [-0.4, -0.2) is 30.8 Å². The van der Waals surface area contributed by atoms with Gasteiger partial charge in [-0.25, -0.2) is 0 Å². The standard InChI is InChI=1S/C12H21NO/c14-11-3-8-13-9-6-12(7-10-13)4-1-2-5-12/h11H,1-10H2. The number of aldehydes is 1. The summed E-state index contributed by atoms with van der Waals surface area (Å²) in [6.07, 6.45) is 10.4. The summed E-state index contributed by atoms with van der Waals surface area (Å²) in [6.45, 7) is 3.45. The summed E-state index contributed by atoms with van der Waals surface area (Å²) in [7, 11) is 0. The first-order chi connectivity index (χ1) is 6.85. The van der Waals surface area contributed by atoms with Crippen LogP contribution < -0.4 is 0 Å². The van der Waals surface area contributed by atoms with Gasteiger partial charge in [0.2, 0.25) is 0 Å². The predicted octanol–water partition coefficient (Wildman–Crippen LogP) is 2.23. The van der Waals surface area contributed by atoms with Gasteiger partial charge in [0, 0.05) is 13.0 Å². The molecule has 0 unspecified atom stereocenters. The Labute approximate surface area is 86.7 Å². The minimum atomic E-state index is 0.715. The first-order valence-electron chi connectivity index (χ1n) is 6.01. The fourth-order valence-electron chi connectivity index (χ4n) is 3.11. The average molecular weight is 195 g/mol. The lowest BCUT2D eigenvalue weighted by Gasteiger charge is -2.39. The van der Waals surface area contributed by atoms with Gasteiger partial charge < -0.3 is 9.69 Å². The van der Waals surface area contributed by atoms with E-state index in [2.05, 4.69) is 4.90 Å². The zero-order valence-corrected chi connectivity index (χ0v) is 9.00. The zero-order valence-electron chi connectivity index (χ0n) is 9.00. The first kappa shape index (κ1) is 10.2. The molecule has 80 valence electrons. The van der Waals surface area contributed by atoms with Crippen LogP contribution in [0.1, 0.15) is 44.9 Å². The molecule has 1 spiro atoms. The summed E-state index contributed by atoms with van der Waals surface area (Å²) in [5.41, 5.74) is 0.720. The van der Waals surface area contributed by atoms with Crippen LogP contribution in [-0.2, 0) is 4.79 Å². The second kappa shape index (κ2) is 4.43. The number of carbonyl (C=O) groups is 1. The Kier molecular flexibility index (Phi) is 3.22. The van der Waals surface area contributed by atoms with Gasteiger partial charge in [0.25, 0.3) is 0 Å². The van der Waals surface area contributed by atoms with Crippen molar-refractivity contribution in [3.05, 3.63) is 0 Å². The molecule has 0 atom stereocenters. The van der Waals surface area contributed by atoms with Gasteiger partial charge in [0.15, 0.2) is 0 Å². The van der Waals surface area contributed by atoms with E-state index < -0.39 is 0 Å². The molecule has 0 aromatic carbocycles. The van der Waals surface area contributed by atoms with Gasteiger partial charge in [0.1, 0.15) is 6.29 Å². The van der Waals surface area contributed by atoms with E-state index in [9.17, 15) is 4.79 Å². The molecule has 0 bridgehead atoms. The fraction of sp³-hybridized carbons (Fsp3) is 0.917. The number of hydrogen-bond acceptors (Lipinski definition) is 2. The highest BCUT2D eigenvalue weighted by Gasteiger charge is 2.36. The Morgan fingerprint density at radius 2 is 1.71 bits per heavy atom. The van der Waals surface area contributed by atoms with E-state index in [1.165, 1.54) is 51.6 Å². The van der Waals surface area contributed by atoms with Gasteiger partial charge >= 0.3 is 0 Å². The summed E-state index contributed by atoms with van der Waals surface area (Å²) < 4.78 is 0. The van der Waals surface area contributed by atoms with E-state index in [-0.39, 0.29) is 0 Å². The molecule has 0 aromatic rings. The van der Waals surface area contributed by atoms with Gasteiger partial charge in [-0.05, 0) is 44.2 Å². The van der Waals surface area contributed by atoms with Crippen molar-refractivity contribution in [2.45, 2.75) is 44.9 Å². The molecular formula is C12H21NO. The van der Waals surface area contributed by atoms with Gasteiger partial charge in [-0.2, -0.15) is 0 Å². The summed E-state index contributed by atoms with van der Waals surface area (Å²) in [5, 5.41) is 0. The van der Waals surface area contributed by atoms with Crippen molar-refractivity contribution >= 4 is 6.29 Å². The Hall–Kier alpha value is -0.370. The smallest absolute Gasteiger partial charge is 0.121 e. The van der Waals surface area contributed by atoms with Gasteiger partial charge in [-0.3, -0.25) is 0 Å². The summed E-state index contributed by atoms with van der Waals surface area (Å²) in [6, 6.07) is 0. The highest BCUT2D eigenvalue weighted by atomic mass is 16.1. The lowest BCUT2D eigenvalue weighted by atomic mass is 9.77. The van der Waals surface area contributed by atoms with Crippen molar-refractivity contribution in [1.82, 2.24) is 4.90 Å². The molecule has 2 rings (SSSR count). The van der Waals surface area contributed by atoms with E-state index in [1.807, 2.05) is 0 Å². The van der Waals surface area contributed by atoms with E-state index in [0.717, 1.165) is 18.2 Å². The molecule has 2 aliphatic rings. The third-order valence-electron chi connectivity index (χ3n) is 4.14. The molecule has 2 heteroatoms. The van der Waals surface area contributed by atoms with Crippen LogP contribution in [0.25, 0.3) is 0 Å². The SMILES string of the molecule is O=CCCN1CCC2(CCCC2)CC1. The fourth-order valence-corrected chi connectivity index (χ4v) is 3.11. The van der Waals surface area contributed by atoms with Crippen LogP contribution in [0.5, 0.6) is 0 Å². The number of likely N-dealkylation sites (tertiary alicyclic amines) is 1. The molecule has 1 aliphatic heterocycles. The maximum Gasteiger partial charge on any atom is 0.121 e. The van der Waals surface area contributed by atoms with Crippen LogP contribution in [0.4, 0.5) is 0 Å². The van der Waals surface area contributed by atoms with E-state index >= 15 is 0 Å². The topological polar surface area (TPSA) is 20.3 Å². The second-order valence-electron chi connectivity index (χ2n) is 5.00. The molecule has 1 saturated heterocycles. The Morgan fingerprint density at radius 3 is 2.29 bits per heavy atom. The average Bonchev–Trinajstić information content (AvgIpc) is 2.66. The van der Waals surface area contributed by atoms with Crippen molar-refractivity contribution in [3.63, 3.8) is 0 Å². The molecule has 0 radical (unpaired) electrons. The summed E-state index contributed by atoms with van der Waals surface area (Å²) in [4.78, 5) is 12.7. The van der Waals surface area contributed by atoms with Crippen LogP contribution in [0.15, 0.2) is 0 Å². The van der Waals surface area contributed by atoms with Gasteiger partial charge in [-0.15, -0.1) is 0 Å². The van der Waals surface area contributed by atoms with Gasteiger partial charge in [-0.1, -0.05) is 12.8 Å². The molecule has 1 aliphatic carbocycles. The number of hydrogen-bond donors (Lipinski definition) is 0. The maximum atomic E-state index is 10.3. The summed E-state index contributed by atoms with van der Waals surface area (Å²) >= 11 is 0. The molecule has 0 amide bonds. The van der Waals surface area contributed by atoms with Crippen molar-refractivity contribution in [2.24, 2.45) is 5.41 Å². The van der Waals surface area contributed by atoms with Crippen molar-refractivity contribution in [2.75, 3.05) is 19.6 Å². The van der Waals surface area contributed by atoms with E-state index in [1.54, 1.807) is 0 Å². The molecule has 14 heavy (non-hydrogen) atoms. The van der Waals surface area contributed by atoms with Crippen LogP contribution in [0.2, 0.25) is 0 Å². The van der Waals surface area contributed by atoms with E-state index in [4.69, 9.17) is 0 Å². The number of nitrogens with zero attached hydrogens (tertiary/aromatic N) is 1. The van der Waals surface area contributed by atoms with Gasteiger partial charge in [0.05, 0.1) is 0 Å². The highest BCUT2D eigenvalue weighted by Crippen LogP contribution is 2.45. The number of piperidine rings is 1. The third kappa shape index (κ3) is 2.17. The zero-order chi connectivity index (χ0) is 9.86. The lowest BCUT2D eigenvalue weighted by molar-refractivity contribution is -0.108. The number of carbonyl (C=O) groups excluding carboxylic acids is 1. The third-order valence-corrected chi connectivity index (χ3v) is 4.14. The normalized spacial score (nSPS) is 26.9.